The SMILES string of the molecule is CC(C)S(=O)(=O)CCCCCCCc1cccc(N)c1N=S. The van der Waals surface area contributed by atoms with Crippen molar-refractivity contribution >= 4 is 33.6 Å². The van der Waals surface area contributed by atoms with Crippen LogP contribution in [-0.4, -0.2) is 19.4 Å². The second-order valence-corrected chi connectivity index (χ2v) is 8.74. The first-order chi connectivity index (χ1) is 10.4. The van der Waals surface area contributed by atoms with Crippen LogP contribution in [0.25, 0.3) is 0 Å². The number of hydrogen-bond acceptors (Lipinski definition) is 5. The van der Waals surface area contributed by atoms with Gasteiger partial charge in [-0.05, 0) is 44.7 Å². The van der Waals surface area contributed by atoms with Gasteiger partial charge in [-0.2, -0.15) is 4.36 Å². The van der Waals surface area contributed by atoms with Crippen molar-refractivity contribution in [3.8, 4) is 0 Å². The molecule has 0 fully saturated rings. The van der Waals surface area contributed by atoms with Crippen LogP contribution in [0.5, 0.6) is 0 Å². The highest BCUT2D eigenvalue weighted by atomic mass is 32.2. The second kappa shape index (κ2) is 9.20. The molecule has 1 aromatic carbocycles. The Morgan fingerprint density at radius 3 is 2.41 bits per heavy atom. The molecule has 0 aliphatic carbocycles. The molecule has 6 heteroatoms. The van der Waals surface area contributed by atoms with Crippen molar-refractivity contribution in [3.63, 3.8) is 0 Å². The number of nitrogen functional groups attached to an aromatic ring is 1. The van der Waals surface area contributed by atoms with Crippen molar-refractivity contribution in [1.82, 2.24) is 0 Å². The third-order valence-electron chi connectivity index (χ3n) is 3.84. The van der Waals surface area contributed by atoms with Gasteiger partial charge >= 0.3 is 0 Å². The lowest BCUT2D eigenvalue weighted by molar-refractivity contribution is 0.577. The van der Waals surface area contributed by atoms with E-state index in [1.165, 1.54) is 0 Å². The summed E-state index contributed by atoms with van der Waals surface area (Å²) in [5.74, 6) is 0.304. The fourth-order valence-corrected chi connectivity index (χ4v) is 3.61. The highest BCUT2D eigenvalue weighted by Gasteiger charge is 2.14. The Kier molecular flexibility index (Phi) is 7.96. The molecule has 1 aromatic rings. The van der Waals surface area contributed by atoms with Gasteiger partial charge in [-0.25, -0.2) is 8.42 Å². The number of unbranched alkanes of at least 4 members (excludes halogenated alkanes) is 4. The minimum Gasteiger partial charge on any atom is -0.397 e. The Morgan fingerprint density at radius 1 is 1.14 bits per heavy atom. The second-order valence-electron chi connectivity index (χ2n) is 5.88. The molecule has 0 heterocycles. The molecule has 0 aliphatic rings. The van der Waals surface area contributed by atoms with Crippen molar-refractivity contribution in [2.45, 2.75) is 57.6 Å². The first-order valence-electron chi connectivity index (χ1n) is 7.80. The Labute approximate surface area is 139 Å². The highest BCUT2D eigenvalue weighted by Crippen LogP contribution is 2.27. The molecule has 1 rings (SSSR count). The maximum atomic E-state index is 11.7. The first-order valence-corrected chi connectivity index (χ1v) is 9.89. The van der Waals surface area contributed by atoms with Gasteiger partial charge in [0.05, 0.1) is 16.7 Å². The molecule has 0 aliphatic heterocycles. The number of nitrogens with two attached hydrogens (primary N) is 1. The Morgan fingerprint density at radius 2 is 1.77 bits per heavy atom. The van der Waals surface area contributed by atoms with Crippen LogP contribution in [-0.2, 0) is 28.7 Å². The van der Waals surface area contributed by atoms with E-state index in [0.717, 1.165) is 49.8 Å². The zero-order valence-electron chi connectivity index (χ0n) is 13.4. The zero-order valence-corrected chi connectivity index (χ0v) is 15.0. The number of benzene rings is 1. The van der Waals surface area contributed by atoms with Gasteiger partial charge in [-0.15, -0.1) is 0 Å². The number of hydrogen-bond donors (Lipinski definition) is 1. The van der Waals surface area contributed by atoms with Crippen LogP contribution in [0.1, 0.15) is 51.5 Å². The van der Waals surface area contributed by atoms with Crippen molar-refractivity contribution in [2.24, 2.45) is 4.36 Å². The molecule has 2 N–H and O–H groups in total. The van der Waals surface area contributed by atoms with Crippen LogP contribution >= 0.6 is 0 Å². The standard InChI is InChI=1S/C16H26N2O2S2/c1-13(2)22(19,20)12-7-5-3-4-6-9-14-10-8-11-15(17)16(14)18-21/h8,10-11,13H,3-7,9,12,17H2,1-2H3. The smallest absolute Gasteiger partial charge is 0.152 e. The van der Waals surface area contributed by atoms with E-state index in [4.69, 9.17) is 18.2 Å². The van der Waals surface area contributed by atoms with E-state index in [1.54, 1.807) is 13.8 Å². The van der Waals surface area contributed by atoms with Crippen LogP contribution in [0.2, 0.25) is 0 Å². The molecular weight excluding hydrogens is 316 g/mol. The van der Waals surface area contributed by atoms with Crippen molar-refractivity contribution in [2.75, 3.05) is 11.5 Å². The average Bonchev–Trinajstić information content (AvgIpc) is 2.46. The number of anilines is 1. The van der Waals surface area contributed by atoms with E-state index in [9.17, 15) is 8.42 Å². The molecule has 4 nitrogen and oxygen atoms in total. The predicted octanol–water partition coefficient (Wildman–Crippen LogP) is 3.95. The van der Waals surface area contributed by atoms with E-state index >= 15 is 0 Å². The molecule has 0 amide bonds. The number of sulfone groups is 1. The van der Waals surface area contributed by atoms with Gasteiger partial charge in [0, 0.05) is 12.4 Å². The van der Waals surface area contributed by atoms with E-state index in [2.05, 4.69) is 4.36 Å². The minimum atomic E-state index is -2.89. The molecule has 0 unspecified atom stereocenters. The fraction of sp³-hybridized carbons (Fsp3) is 0.625. The van der Waals surface area contributed by atoms with E-state index in [-0.39, 0.29) is 5.25 Å². The molecule has 22 heavy (non-hydrogen) atoms. The van der Waals surface area contributed by atoms with Crippen LogP contribution in [0.3, 0.4) is 0 Å². The number of aryl methyl sites for hydroxylation is 1. The molecule has 0 atom stereocenters. The minimum absolute atomic E-state index is 0.267. The van der Waals surface area contributed by atoms with Crippen molar-refractivity contribution in [3.05, 3.63) is 23.8 Å². The summed E-state index contributed by atoms with van der Waals surface area (Å²) in [6.07, 6.45) is 5.79. The van der Waals surface area contributed by atoms with Crippen LogP contribution in [0.15, 0.2) is 22.6 Å². The molecule has 124 valence electrons. The third kappa shape index (κ3) is 6.01. The molecular formula is C16H26N2O2S2. The summed E-state index contributed by atoms with van der Waals surface area (Å²) in [5.41, 5.74) is 8.30. The lowest BCUT2D eigenvalue weighted by Gasteiger charge is -2.08. The first kappa shape index (κ1) is 19.0. The maximum absolute atomic E-state index is 11.7. The monoisotopic (exact) mass is 342 g/mol. The van der Waals surface area contributed by atoms with Crippen molar-refractivity contribution in [1.29, 1.82) is 0 Å². The molecule has 0 spiro atoms. The number of nitrogens with zero attached hydrogens (tertiary/aromatic N) is 1. The fourth-order valence-electron chi connectivity index (χ4n) is 2.31. The van der Waals surface area contributed by atoms with Gasteiger partial charge in [-0.3, -0.25) is 0 Å². The Bertz CT molecular complexity index is 584. The van der Waals surface area contributed by atoms with Crippen LogP contribution in [0.4, 0.5) is 11.4 Å². The van der Waals surface area contributed by atoms with Gasteiger partial charge in [0.1, 0.15) is 5.69 Å². The lowest BCUT2D eigenvalue weighted by Crippen LogP contribution is -2.17. The predicted molar refractivity (Wildman–Crippen MR) is 96.0 cm³/mol. The summed E-state index contributed by atoms with van der Waals surface area (Å²) in [7, 11) is -2.89. The topological polar surface area (TPSA) is 72.5 Å². The Balaban J connectivity index is 2.24. The summed E-state index contributed by atoms with van der Waals surface area (Å²) in [4.78, 5) is 0. The van der Waals surface area contributed by atoms with Gasteiger partial charge in [-0.1, -0.05) is 31.4 Å². The number of rotatable bonds is 10. The molecule has 0 radical (unpaired) electrons. The van der Waals surface area contributed by atoms with Gasteiger partial charge in [0.25, 0.3) is 0 Å². The molecule has 0 bridgehead atoms. The summed E-state index contributed by atoms with van der Waals surface area (Å²) in [5, 5.41) is -0.267. The van der Waals surface area contributed by atoms with Gasteiger partial charge < -0.3 is 5.73 Å². The maximum Gasteiger partial charge on any atom is 0.152 e. The van der Waals surface area contributed by atoms with Crippen LogP contribution < -0.4 is 5.73 Å². The average molecular weight is 343 g/mol. The van der Waals surface area contributed by atoms with E-state index in [0.29, 0.717) is 11.4 Å². The molecule has 0 aromatic heterocycles. The zero-order chi connectivity index (χ0) is 16.6. The van der Waals surface area contributed by atoms with E-state index < -0.39 is 9.84 Å². The van der Waals surface area contributed by atoms with Crippen LogP contribution in [0, 0.1) is 0 Å². The van der Waals surface area contributed by atoms with Crippen molar-refractivity contribution < 1.29 is 8.42 Å². The summed E-state index contributed by atoms with van der Waals surface area (Å²) >= 11 is 4.77. The lowest BCUT2D eigenvalue weighted by atomic mass is 10.0. The largest absolute Gasteiger partial charge is 0.397 e. The van der Waals surface area contributed by atoms with E-state index in [1.807, 2.05) is 18.2 Å². The summed E-state index contributed by atoms with van der Waals surface area (Å²) < 4.78 is 27.2. The Hall–Kier alpha value is -1.01. The molecule has 0 saturated heterocycles. The normalized spacial score (nSPS) is 11.8. The molecule has 0 saturated carbocycles. The van der Waals surface area contributed by atoms with Gasteiger partial charge in [0.15, 0.2) is 9.84 Å². The summed E-state index contributed by atoms with van der Waals surface area (Å²) in [6.45, 7) is 3.48. The summed E-state index contributed by atoms with van der Waals surface area (Å²) in [6, 6.07) is 5.74. The van der Waals surface area contributed by atoms with Gasteiger partial charge in [0.2, 0.25) is 0 Å². The third-order valence-corrected chi connectivity index (χ3v) is 6.31. The highest BCUT2D eigenvalue weighted by molar-refractivity contribution is 7.91. The quantitative estimate of drug-likeness (QED) is 0.516.